The average molecular weight is 438 g/mol. The van der Waals surface area contributed by atoms with Gasteiger partial charge in [-0.15, -0.1) is 0 Å². The van der Waals surface area contributed by atoms with Crippen LogP contribution in [0.3, 0.4) is 0 Å². The van der Waals surface area contributed by atoms with Gasteiger partial charge in [-0.25, -0.2) is 15.0 Å². The molecule has 0 bridgehead atoms. The summed E-state index contributed by atoms with van der Waals surface area (Å²) in [5, 5.41) is 0.651. The van der Waals surface area contributed by atoms with Crippen LogP contribution in [0.4, 0.5) is 5.95 Å². The second-order valence-electron chi connectivity index (χ2n) is 7.80. The molecule has 162 valence electrons. The van der Waals surface area contributed by atoms with Gasteiger partial charge in [-0.3, -0.25) is 9.78 Å². The van der Waals surface area contributed by atoms with Crippen LogP contribution in [-0.2, 0) is 11.3 Å². The lowest BCUT2D eigenvalue weighted by Crippen LogP contribution is -2.52. The van der Waals surface area contributed by atoms with E-state index in [0.29, 0.717) is 19.6 Å². The van der Waals surface area contributed by atoms with Crippen molar-refractivity contribution in [3.63, 3.8) is 0 Å². The molecule has 0 saturated carbocycles. The first kappa shape index (κ1) is 21.3. The highest BCUT2D eigenvalue weighted by atomic mass is 32.2. The van der Waals surface area contributed by atoms with Gasteiger partial charge >= 0.3 is 0 Å². The van der Waals surface area contributed by atoms with Crippen LogP contribution in [0.2, 0.25) is 0 Å². The molecule has 3 aromatic rings. The van der Waals surface area contributed by atoms with E-state index in [9.17, 15) is 4.79 Å². The average Bonchev–Trinajstić information content (AvgIpc) is 3.25. The number of carbonyl (C=O) groups excluding carboxylic acids is 1. The maximum Gasteiger partial charge on any atom is 0.236 e. The van der Waals surface area contributed by atoms with E-state index in [1.54, 1.807) is 36.5 Å². The minimum Gasteiger partial charge on any atom is -0.338 e. The Morgan fingerprint density at radius 3 is 2.39 bits per heavy atom. The standard InChI is InChI=1S/C22H27N7OS/c1-17(2)19(31-22-26-10-11-29(22)16-18-6-3-4-7-23-18)20(30)27-12-14-28(15-13-27)21-24-8-5-9-25-21/h3-11,17,19H,12-16H2,1-2H3. The summed E-state index contributed by atoms with van der Waals surface area (Å²) in [6.07, 6.45) is 9.01. The number of hydrogen-bond acceptors (Lipinski definition) is 7. The lowest BCUT2D eigenvalue weighted by molar-refractivity contribution is -0.131. The highest BCUT2D eigenvalue weighted by Gasteiger charge is 2.32. The minimum absolute atomic E-state index is 0.168. The van der Waals surface area contributed by atoms with E-state index in [-0.39, 0.29) is 17.1 Å². The van der Waals surface area contributed by atoms with E-state index in [2.05, 4.69) is 43.3 Å². The summed E-state index contributed by atoms with van der Waals surface area (Å²) >= 11 is 1.54. The van der Waals surface area contributed by atoms with Gasteiger partial charge in [0.1, 0.15) is 0 Å². The Kier molecular flexibility index (Phi) is 6.81. The van der Waals surface area contributed by atoms with Gasteiger partial charge in [0.2, 0.25) is 11.9 Å². The summed E-state index contributed by atoms with van der Waals surface area (Å²) in [5.74, 6) is 1.08. The molecule has 31 heavy (non-hydrogen) atoms. The Morgan fingerprint density at radius 1 is 0.968 bits per heavy atom. The fourth-order valence-corrected chi connectivity index (χ4v) is 4.68. The summed E-state index contributed by atoms with van der Waals surface area (Å²) < 4.78 is 2.06. The van der Waals surface area contributed by atoms with Crippen molar-refractivity contribution in [2.24, 2.45) is 5.92 Å². The highest BCUT2D eigenvalue weighted by molar-refractivity contribution is 8.00. The Morgan fingerprint density at radius 2 is 1.71 bits per heavy atom. The van der Waals surface area contributed by atoms with Gasteiger partial charge in [0.25, 0.3) is 0 Å². The summed E-state index contributed by atoms with van der Waals surface area (Å²) in [5.41, 5.74) is 0.967. The first-order valence-electron chi connectivity index (χ1n) is 10.5. The van der Waals surface area contributed by atoms with E-state index >= 15 is 0 Å². The van der Waals surface area contributed by atoms with Crippen molar-refractivity contribution >= 4 is 23.6 Å². The van der Waals surface area contributed by atoms with Crippen LogP contribution >= 0.6 is 11.8 Å². The smallest absolute Gasteiger partial charge is 0.236 e. The van der Waals surface area contributed by atoms with E-state index in [1.807, 2.05) is 35.4 Å². The van der Waals surface area contributed by atoms with Crippen LogP contribution in [0, 0.1) is 5.92 Å². The van der Waals surface area contributed by atoms with Crippen molar-refractivity contribution in [1.29, 1.82) is 0 Å². The number of carbonyl (C=O) groups is 1. The lowest BCUT2D eigenvalue weighted by atomic mass is 10.1. The number of pyridine rings is 1. The van der Waals surface area contributed by atoms with Gasteiger partial charge in [-0.05, 0) is 24.1 Å². The van der Waals surface area contributed by atoms with Crippen molar-refractivity contribution in [1.82, 2.24) is 29.4 Å². The summed E-state index contributed by atoms with van der Waals surface area (Å²) in [6, 6.07) is 7.69. The summed E-state index contributed by atoms with van der Waals surface area (Å²) in [7, 11) is 0. The number of anilines is 1. The molecule has 4 heterocycles. The number of nitrogens with zero attached hydrogens (tertiary/aromatic N) is 7. The third-order valence-corrected chi connectivity index (χ3v) is 6.79. The molecule has 9 heteroatoms. The summed E-state index contributed by atoms with van der Waals surface area (Å²) in [4.78, 5) is 35.0. The molecule has 1 aliphatic heterocycles. The number of aromatic nitrogens is 5. The Labute approximate surface area is 186 Å². The molecule has 1 fully saturated rings. The van der Waals surface area contributed by atoms with Gasteiger partial charge in [0, 0.05) is 57.2 Å². The molecule has 1 aliphatic rings. The quantitative estimate of drug-likeness (QED) is 0.526. The molecule has 1 amide bonds. The third kappa shape index (κ3) is 5.22. The SMILES string of the molecule is CC(C)C(Sc1nccn1Cc1ccccn1)C(=O)N1CCN(c2ncccn2)CC1. The van der Waals surface area contributed by atoms with Crippen LogP contribution in [0.15, 0.2) is 60.4 Å². The zero-order chi connectivity index (χ0) is 21.6. The molecule has 3 aromatic heterocycles. The number of hydrogen-bond donors (Lipinski definition) is 0. The van der Waals surface area contributed by atoms with Crippen molar-refractivity contribution in [3.05, 3.63) is 60.9 Å². The predicted octanol–water partition coefficient (Wildman–Crippen LogP) is 2.58. The maximum absolute atomic E-state index is 13.4. The second-order valence-corrected chi connectivity index (χ2v) is 8.91. The number of piperazine rings is 1. The molecule has 1 atom stereocenters. The van der Waals surface area contributed by atoms with Crippen molar-refractivity contribution in [3.8, 4) is 0 Å². The minimum atomic E-state index is -0.190. The molecule has 0 N–H and O–H groups in total. The second kappa shape index (κ2) is 9.91. The molecule has 0 spiro atoms. The fourth-order valence-electron chi connectivity index (χ4n) is 3.55. The van der Waals surface area contributed by atoms with Crippen LogP contribution in [0.5, 0.6) is 0 Å². The zero-order valence-corrected chi connectivity index (χ0v) is 18.6. The zero-order valence-electron chi connectivity index (χ0n) is 17.8. The van der Waals surface area contributed by atoms with Crippen LogP contribution < -0.4 is 4.90 Å². The Bertz CT molecular complexity index is 972. The number of thioether (sulfide) groups is 1. The monoisotopic (exact) mass is 437 g/mol. The van der Waals surface area contributed by atoms with Crippen LogP contribution in [-0.4, -0.2) is 66.7 Å². The third-order valence-electron chi connectivity index (χ3n) is 5.24. The summed E-state index contributed by atoms with van der Waals surface area (Å²) in [6.45, 7) is 7.63. The first-order chi connectivity index (χ1) is 15.1. The molecule has 1 unspecified atom stereocenters. The normalized spacial score (nSPS) is 15.3. The lowest BCUT2D eigenvalue weighted by Gasteiger charge is -2.36. The molecule has 8 nitrogen and oxygen atoms in total. The van der Waals surface area contributed by atoms with Crippen LogP contribution in [0.1, 0.15) is 19.5 Å². The van der Waals surface area contributed by atoms with Crippen molar-refractivity contribution in [2.45, 2.75) is 30.8 Å². The van der Waals surface area contributed by atoms with E-state index in [4.69, 9.17) is 0 Å². The van der Waals surface area contributed by atoms with E-state index < -0.39 is 0 Å². The topological polar surface area (TPSA) is 80.0 Å². The fraction of sp³-hybridized carbons (Fsp3) is 0.409. The van der Waals surface area contributed by atoms with Crippen LogP contribution in [0.25, 0.3) is 0 Å². The molecule has 0 radical (unpaired) electrons. The molecular weight excluding hydrogens is 410 g/mol. The molecular formula is C22H27N7OS. The highest BCUT2D eigenvalue weighted by Crippen LogP contribution is 2.29. The molecule has 0 aromatic carbocycles. The maximum atomic E-state index is 13.4. The van der Waals surface area contributed by atoms with E-state index in [1.165, 1.54) is 0 Å². The van der Waals surface area contributed by atoms with Crippen molar-refractivity contribution in [2.75, 3.05) is 31.1 Å². The largest absolute Gasteiger partial charge is 0.338 e. The Hall–Kier alpha value is -2.94. The Balaban J connectivity index is 1.41. The van der Waals surface area contributed by atoms with E-state index in [0.717, 1.165) is 29.9 Å². The van der Waals surface area contributed by atoms with Crippen molar-refractivity contribution < 1.29 is 4.79 Å². The molecule has 0 aliphatic carbocycles. The van der Waals surface area contributed by atoms with Gasteiger partial charge in [-0.1, -0.05) is 31.7 Å². The molecule has 1 saturated heterocycles. The van der Waals surface area contributed by atoms with Gasteiger partial charge in [0.05, 0.1) is 17.5 Å². The number of rotatable bonds is 7. The van der Waals surface area contributed by atoms with Gasteiger partial charge < -0.3 is 14.4 Å². The first-order valence-corrected chi connectivity index (χ1v) is 11.4. The molecule has 4 rings (SSSR count). The van der Waals surface area contributed by atoms with Gasteiger partial charge in [0.15, 0.2) is 5.16 Å². The van der Waals surface area contributed by atoms with Gasteiger partial charge in [-0.2, -0.15) is 0 Å². The predicted molar refractivity (Wildman–Crippen MR) is 121 cm³/mol. The number of amides is 1. The number of imidazole rings is 1.